The number of rotatable bonds is 7. The second-order valence-corrected chi connectivity index (χ2v) is 6.92. The van der Waals surface area contributed by atoms with Crippen LogP contribution in [0, 0.1) is 11.6 Å². The lowest BCUT2D eigenvalue weighted by molar-refractivity contribution is -0.276. The first-order valence-corrected chi connectivity index (χ1v) is 9.84. The number of esters is 1. The molecule has 8 nitrogen and oxygen atoms in total. The van der Waals surface area contributed by atoms with Gasteiger partial charge >= 0.3 is 18.7 Å². The maximum Gasteiger partial charge on any atom is 0.573 e. The van der Waals surface area contributed by atoms with E-state index in [4.69, 9.17) is 4.74 Å². The summed E-state index contributed by atoms with van der Waals surface area (Å²) in [6, 6.07) is 4.95. The number of alkyl halides is 6. The number of pyridine rings is 1. The third-order valence-corrected chi connectivity index (χ3v) is 4.29. The number of hydrogen-bond acceptors (Lipinski definition) is 7. The minimum atomic E-state index is -5.35. The molecule has 2 aromatic carbocycles. The topological polar surface area (TPSA) is 96.0 Å². The van der Waals surface area contributed by atoms with Crippen molar-refractivity contribution in [2.75, 3.05) is 12.4 Å². The third-order valence-electron chi connectivity index (χ3n) is 4.29. The summed E-state index contributed by atoms with van der Waals surface area (Å²) in [5.74, 6) is -9.75. The number of amides is 1. The molecule has 0 bridgehead atoms. The maximum atomic E-state index is 15.0. The highest BCUT2D eigenvalue weighted by Gasteiger charge is 2.35. The molecular weight excluding hydrogens is 540 g/mol. The Labute approximate surface area is 206 Å². The van der Waals surface area contributed by atoms with E-state index in [9.17, 15) is 40.3 Å². The quantitative estimate of drug-likeness (QED) is 0.284. The Bertz CT molecular complexity index is 1360. The van der Waals surface area contributed by atoms with Crippen LogP contribution in [-0.2, 0) is 4.74 Å². The smallest absolute Gasteiger partial charge is 0.464 e. The van der Waals surface area contributed by atoms with Gasteiger partial charge in [-0.3, -0.25) is 4.79 Å². The fraction of sp³-hybridized carbons (Fsp3) is 0.136. The normalized spacial score (nSPS) is 11.5. The maximum absolute atomic E-state index is 15.0. The highest BCUT2D eigenvalue weighted by atomic mass is 19.4. The van der Waals surface area contributed by atoms with E-state index in [-0.39, 0.29) is 11.4 Å². The minimum absolute atomic E-state index is 0.169. The Balaban J connectivity index is 2.00. The van der Waals surface area contributed by atoms with Gasteiger partial charge in [-0.25, -0.2) is 18.6 Å². The van der Waals surface area contributed by atoms with Crippen molar-refractivity contribution in [2.24, 2.45) is 0 Å². The van der Waals surface area contributed by atoms with Crippen LogP contribution in [0.1, 0.15) is 20.8 Å². The molecule has 0 saturated carbocycles. The molecule has 0 aliphatic rings. The summed E-state index contributed by atoms with van der Waals surface area (Å²) < 4.78 is 121. The predicted molar refractivity (Wildman–Crippen MR) is 110 cm³/mol. The Hall–Kier alpha value is -4.63. The molecule has 3 aromatic rings. The molecule has 0 fully saturated rings. The molecule has 0 saturated heterocycles. The Morgan fingerprint density at radius 3 is 2.05 bits per heavy atom. The van der Waals surface area contributed by atoms with Crippen molar-refractivity contribution in [2.45, 2.75) is 12.7 Å². The van der Waals surface area contributed by atoms with Crippen LogP contribution in [0.4, 0.5) is 40.8 Å². The summed E-state index contributed by atoms with van der Waals surface area (Å²) >= 11 is 0. The van der Waals surface area contributed by atoms with E-state index in [2.05, 4.69) is 24.5 Å². The number of methoxy groups -OCH3 is 1. The minimum Gasteiger partial charge on any atom is -0.464 e. The number of carbonyl (C=O) groups is 2. The summed E-state index contributed by atoms with van der Waals surface area (Å²) in [7, 11) is 1.05. The van der Waals surface area contributed by atoms with E-state index in [0.717, 1.165) is 31.5 Å². The van der Waals surface area contributed by atoms with Gasteiger partial charge in [0.2, 0.25) is 0 Å². The van der Waals surface area contributed by atoms with Crippen molar-refractivity contribution in [3.05, 3.63) is 71.6 Å². The average molecular weight is 552 g/mol. The molecule has 0 aliphatic carbocycles. The van der Waals surface area contributed by atoms with E-state index in [0.29, 0.717) is 24.3 Å². The lowest BCUT2D eigenvalue weighted by atomic mass is 10.1. The number of hydrogen-bond donors (Lipinski definition) is 1. The van der Waals surface area contributed by atoms with E-state index < -0.39 is 64.8 Å². The van der Waals surface area contributed by atoms with Crippen molar-refractivity contribution in [1.29, 1.82) is 0 Å². The first kappa shape index (κ1) is 27.9. The Morgan fingerprint density at radius 1 is 0.842 bits per heavy atom. The second kappa shape index (κ2) is 10.8. The molecule has 0 atom stereocenters. The highest BCUT2D eigenvalue weighted by Crippen LogP contribution is 2.36. The molecule has 1 heterocycles. The number of anilines is 1. The molecule has 0 spiro atoms. The van der Waals surface area contributed by atoms with Gasteiger partial charge in [-0.05, 0) is 36.4 Å². The molecular formula is C22H12F8N2O6. The Morgan fingerprint density at radius 2 is 1.45 bits per heavy atom. The molecule has 202 valence electrons. The molecule has 1 aromatic heterocycles. The van der Waals surface area contributed by atoms with Crippen LogP contribution in [0.2, 0.25) is 0 Å². The molecule has 0 radical (unpaired) electrons. The largest absolute Gasteiger partial charge is 0.573 e. The number of halogens is 8. The SMILES string of the molecule is COC(=O)c1cc(NC(=O)c2c(Oc3ccc(OC(F)(F)F)c(F)c3)ccc(OC(F)(F)F)c2F)ccn1. The molecule has 0 unspecified atom stereocenters. The van der Waals surface area contributed by atoms with E-state index in [1.165, 1.54) is 0 Å². The number of nitrogens with zero attached hydrogens (tertiary/aromatic N) is 1. The van der Waals surface area contributed by atoms with Crippen LogP contribution in [-0.4, -0.2) is 36.7 Å². The van der Waals surface area contributed by atoms with E-state index >= 15 is 4.39 Å². The number of benzene rings is 2. The first-order valence-electron chi connectivity index (χ1n) is 9.84. The summed E-state index contributed by atoms with van der Waals surface area (Å²) in [5.41, 5.74) is -1.62. The van der Waals surface area contributed by atoms with Crippen LogP contribution >= 0.6 is 0 Å². The lowest BCUT2D eigenvalue weighted by Crippen LogP contribution is -2.20. The zero-order valence-electron chi connectivity index (χ0n) is 18.5. The summed E-state index contributed by atoms with van der Waals surface area (Å²) in [4.78, 5) is 28.2. The van der Waals surface area contributed by atoms with Gasteiger partial charge in [-0.15, -0.1) is 26.3 Å². The fourth-order valence-corrected chi connectivity index (χ4v) is 2.84. The monoisotopic (exact) mass is 552 g/mol. The fourth-order valence-electron chi connectivity index (χ4n) is 2.84. The molecule has 38 heavy (non-hydrogen) atoms. The van der Waals surface area contributed by atoms with Gasteiger partial charge < -0.3 is 24.3 Å². The van der Waals surface area contributed by atoms with E-state index in [1.54, 1.807) is 0 Å². The van der Waals surface area contributed by atoms with Gasteiger partial charge in [0.25, 0.3) is 5.91 Å². The van der Waals surface area contributed by atoms with Crippen molar-refractivity contribution in [3.8, 4) is 23.0 Å². The van der Waals surface area contributed by atoms with Gasteiger partial charge in [0.05, 0.1) is 7.11 Å². The van der Waals surface area contributed by atoms with E-state index in [1.807, 2.05) is 0 Å². The van der Waals surface area contributed by atoms with Crippen LogP contribution in [0.3, 0.4) is 0 Å². The van der Waals surface area contributed by atoms with Crippen LogP contribution < -0.4 is 19.5 Å². The van der Waals surface area contributed by atoms with Crippen LogP contribution in [0.25, 0.3) is 0 Å². The number of aromatic nitrogens is 1. The highest BCUT2D eigenvalue weighted by molar-refractivity contribution is 6.07. The van der Waals surface area contributed by atoms with Crippen molar-refractivity contribution < 1.29 is 63.7 Å². The van der Waals surface area contributed by atoms with Gasteiger partial charge in [-0.2, -0.15) is 0 Å². The number of ether oxygens (including phenoxy) is 4. The summed E-state index contributed by atoms with van der Waals surface area (Å²) in [6.07, 6.45) is -9.51. The average Bonchev–Trinajstić information content (AvgIpc) is 2.80. The Kier molecular flexibility index (Phi) is 7.93. The van der Waals surface area contributed by atoms with Gasteiger partial charge in [0.15, 0.2) is 23.1 Å². The van der Waals surface area contributed by atoms with Crippen LogP contribution in [0.15, 0.2) is 48.7 Å². The van der Waals surface area contributed by atoms with Crippen molar-refractivity contribution >= 4 is 17.6 Å². The summed E-state index contributed by atoms with van der Waals surface area (Å²) in [6.45, 7) is 0. The molecule has 16 heteroatoms. The third kappa shape index (κ3) is 7.21. The molecule has 0 aliphatic heterocycles. The van der Waals surface area contributed by atoms with Gasteiger partial charge in [0.1, 0.15) is 22.8 Å². The molecule has 1 amide bonds. The summed E-state index contributed by atoms with van der Waals surface area (Å²) in [5, 5.41) is 2.12. The van der Waals surface area contributed by atoms with Crippen LogP contribution in [0.5, 0.6) is 23.0 Å². The zero-order chi connectivity index (χ0) is 28.3. The first-order chi connectivity index (χ1) is 17.7. The predicted octanol–water partition coefficient (Wildman–Crippen LogP) is 5.99. The molecule has 3 rings (SSSR count). The van der Waals surface area contributed by atoms with Gasteiger partial charge in [0, 0.05) is 18.0 Å². The lowest BCUT2D eigenvalue weighted by Gasteiger charge is -2.16. The second-order valence-electron chi connectivity index (χ2n) is 6.92. The number of nitrogens with one attached hydrogen (secondary N) is 1. The van der Waals surface area contributed by atoms with Crippen molar-refractivity contribution in [3.63, 3.8) is 0 Å². The van der Waals surface area contributed by atoms with Gasteiger partial charge in [-0.1, -0.05) is 0 Å². The number of carbonyl (C=O) groups excluding carboxylic acids is 2. The zero-order valence-corrected chi connectivity index (χ0v) is 18.5. The van der Waals surface area contributed by atoms with Crippen molar-refractivity contribution in [1.82, 2.24) is 4.98 Å². The molecule has 1 N–H and O–H groups in total. The standard InChI is InChI=1S/C22H12F8N2O6/c1-35-20(34)13-8-10(6-7-31-13)32-19(33)17-15(4-5-16(18(17)24)38-22(28,29)30)36-11-2-3-14(12(23)9-11)37-21(25,26)27/h2-9H,1H3,(H,31,32,33).